The first-order chi connectivity index (χ1) is 12.6. The second kappa shape index (κ2) is 9.12. The molecule has 1 atom stereocenters. The minimum atomic E-state index is -0.0118. The number of rotatable bonds is 6. The van der Waals surface area contributed by atoms with E-state index in [1.54, 1.807) is 27.7 Å². The number of nitrogens with zero attached hydrogens (tertiary/aromatic N) is 3. The molecule has 0 radical (unpaired) electrons. The van der Waals surface area contributed by atoms with Crippen molar-refractivity contribution in [2.75, 3.05) is 18.8 Å². The molecule has 0 saturated heterocycles. The molecule has 0 bridgehead atoms. The van der Waals surface area contributed by atoms with Crippen LogP contribution in [0.4, 0.5) is 0 Å². The van der Waals surface area contributed by atoms with Crippen LogP contribution in [0.1, 0.15) is 36.1 Å². The molecule has 2 aromatic heterocycles. The largest absolute Gasteiger partial charge is 0.358 e. The van der Waals surface area contributed by atoms with Gasteiger partial charge in [-0.15, -0.1) is 22.7 Å². The van der Waals surface area contributed by atoms with Crippen molar-refractivity contribution >= 4 is 62.6 Å². The molecule has 2 aromatic rings. The summed E-state index contributed by atoms with van der Waals surface area (Å²) < 4.78 is 0.776. The lowest BCUT2D eigenvalue weighted by molar-refractivity contribution is -0.130. The molecule has 26 heavy (non-hydrogen) atoms. The second-order valence-corrected chi connectivity index (χ2v) is 9.26. The highest BCUT2D eigenvalue weighted by Crippen LogP contribution is 2.36. The highest BCUT2D eigenvalue weighted by Gasteiger charge is 2.34. The van der Waals surface area contributed by atoms with E-state index in [0.717, 1.165) is 34.4 Å². The predicted molar refractivity (Wildman–Crippen MR) is 117 cm³/mol. The number of hydrazone groups is 1. The minimum Gasteiger partial charge on any atom is -0.358 e. The monoisotopic (exact) mass is 423 g/mol. The van der Waals surface area contributed by atoms with Crippen LogP contribution in [-0.4, -0.2) is 44.7 Å². The van der Waals surface area contributed by atoms with Gasteiger partial charge in [-0.3, -0.25) is 4.79 Å². The number of carbonyl (C=O) groups excluding carboxylic acids is 1. The predicted octanol–water partition coefficient (Wildman–Crippen LogP) is 4.85. The summed E-state index contributed by atoms with van der Waals surface area (Å²) in [5, 5.41) is 10.4. The summed E-state index contributed by atoms with van der Waals surface area (Å²) in [6, 6.07) is 8.17. The summed E-state index contributed by atoms with van der Waals surface area (Å²) in [7, 11) is 0. The molecule has 1 aliphatic rings. The molecule has 0 spiro atoms. The lowest BCUT2D eigenvalue weighted by atomic mass is 10.1. The number of thioether (sulfide) groups is 1. The number of hydrogen-bond acceptors (Lipinski definition) is 6. The Kier molecular flexibility index (Phi) is 6.86. The van der Waals surface area contributed by atoms with E-state index in [9.17, 15) is 4.79 Å². The maximum atomic E-state index is 12.9. The van der Waals surface area contributed by atoms with Gasteiger partial charge in [0.05, 0.1) is 22.4 Å². The molecule has 1 amide bonds. The van der Waals surface area contributed by atoms with Gasteiger partial charge in [-0.1, -0.05) is 36.1 Å². The number of thiophene rings is 2. The Morgan fingerprint density at radius 2 is 2.04 bits per heavy atom. The first-order valence-electron chi connectivity index (χ1n) is 8.52. The topological polar surface area (TPSA) is 35.9 Å². The molecule has 0 aromatic carbocycles. The zero-order chi connectivity index (χ0) is 18.5. The number of hydrogen-bond donors (Lipinski definition) is 0. The van der Waals surface area contributed by atoms with Crippen molar-refractivity contribution in [3.8, 4) is 0 Å². The molecule has 3 rings (SSSR count). The van der Waals surface area contributed by atoms with Gasteiger partial charge in [-0.2, -0.15) is 5.10 Å². The van der Waals surface area contributed by atoms with Gasteiger partial charge in [0, 0.05) is 24.4 Å². The van der Waals surface area contributed by atoms with E-state index in [4.69, 9.17) is 12.2 Å². The van der Waals surface area contributed by atoms with Gasteiger partial charge < -0.3 is 4.90 Å². The van der Waals surface area contributed by atoms with E-state index in [-0.39, 0.29) is 11.9 Å². The molecule has 4 nitrogen and oxygen atoms in total. The maximum Gasteiger partial charge on any atom is 0.253 e. The number of amides is 1. The summed E-state index contributed by atoms with van der Waals surface area (Å²) in [4.78, 5) is 17.3. The van der Waals surface area contributed by atoms with Crippen LogP contribution in [-0.2, 0) is 4.79 Å². The highest BCUT2D eigenvalue weighted by atomic mass is 32.2. The molecule has 3 heterocycles. The fourth-order valence-corrected chi connectivity index (χ4v) is 5.58. The summed E-state index contributed by atoms with van der Waals surface area (Å²) in [5.74, 6) is 0.327. The van der Waals surface area contributed by atoms with Crippen LogP contribution in [0.2, 0.25) is 0 Å². The Labute approximate surface area is 171 Å². The van der Waals surface area contributed by atoms with Gasteiger partial charge in [-0.05, 0) is 36.7 Å². The van der Waals surface area contributed by atoms with Gasteiger partial charge >= 0.3 is 0 Å². The molecule has 138 valence electrons. The van der Waals surface area contributed by atoms with Crippen molar-refractivity contribution in [3.63, 3.8) is 0 Å². The number of thiocarbonyl (C=S) groups is 1. The third-order valence-electron chi connectivity index (χ3n) is 4.18. The average molecular weight is 424 g/mol. The summed E-state index contributed by atoms with van der Waals surface area (Å²) in [5.41, 5.74) is 0.989. The molecule has 0 fully saturated rings. The zero-order valence-electron chi connectivity index (χ0n) is 14.8. The maximum absolute atomic E-state index is 12.9. The quantitative estimate of drug-likeness (QED) is 0.623. The Bertz CT molecular complexity index is 766. The van der Waals surface area contributed by atoms with E-state index >= 15 is 0 Å². The van der Waals surface area contributed by atoms with Crippen molar-refractivity contribution in [2.24, 2.45) is 5.10 Å². The van der Waals surface area contributed by atoms with Crippen LogP contribution in [0.25, 0.3) is 0 Å². The Morgan fingerprint density at radius 3 is 2.65 bits per heavy atom. The zero-order valence-corrected chi connectivity index (χ0v) is 18.0. The molecule has 1 aliphatic heterocycles. The Balaban J connectivity index is 1.73. The standard InChI is InChI=1S/C18H21N3OS4/c1-3-20(4-2)18(23)26-12-17(22)21-14(16-8-6-10-25-16)11-13(19-21)15-7-5-9-24-15/h5-10,14H,3-4,11-12H2,1-2H3. The SMILES string of the molecule is CCN(CC)C(=S)SCC(=O)N1N=C(c2cccs2)CC1c1cccs1. The first kappa shape index (κ1) is 19.5. The summed E-state index contributed by atoms with van der Waals surface area (Å²) in [6.45, 7) is 5.86. The van der Waals surface area contributed by atoms with Gasteiger partial charge in [0.1, 0.15) is 4.32 Å². The van der Waals surface area contributed by atoms with E-state index in [2.05, 4.69) is 36.0 Å². The van der Waals surface area contributed by atoms with Crippen molar-refractivity contribution in [2.45, 2.75) is 26.3 Å². The van der Waals surface area contributed by atoms with Crippen LogP contribution >= 0.6 is 46.7 Å². The first-order valence-corrected chi connectivity index (χ1v) is 11.7. The fourth-order valence-electron chi connectivity index (χ4n) is 2.80. The fraction of sp³-hybridized carbons (Fsp3) is 0.389. The average Bonchev–Trinajstić information content (AvgIpc) is 3.40. The van der Waals surface area contributed by atoms with Crippen LogP contribution in [0.3, 0.4) is 0 Å². The molecule has 8 heteroatoms. The molecule has 0 aliphatic carbocycles. The van der Waals surface area contributed by atoms with Crippen molar-refractivity contribution in [1.82, 2.24) is 9.91 Å². The van der Waals surface area contributed by atoms with Gasteiger partial charge in [0.2, 0.25) is 0 Å². The van der Waals surface area contributed by atoms with Crippen molar-refractivity contribution in [1.29, 1.82) is 0 Å². The Hall–Kier alpha value is -1.22. The third kappa shape index (κ3) is 4.36. The van der Waals surface area contributed by atoms with E-state index in [1.165, 1.54) is 16.6 Å². The molecular weight excluding hydrogens is 402 g/mol. The molecular formula is C18H21N3OS4. The second-order valence-electron chi connectivity index (χ2n) is 5.72. The van der Waals surface area contributed by atoms with Crippen LogP contribution in [0.15, 0.2) is 40.1 Å². The molecule has 0 N–H and O–H groups in total. The summed E-state index contributed by atoms with van der Waals surface area (Å²) >= 11 is 10.2. The molecule has 0 saturated carbocycles. The number of carbonyl (C=O) groups is 1. The van der Waals surface area contributed by atoms with E-state index < -0.39 is 0 Å². The van der Waals surface area contributed by atoms with Crippen molar-refractivity contribution in [3.05, 3.63) is 44.8 Å². The van der Waals surface area contributed by atoms with Crippen LogP contribution in [0.5, 0.6) is 0 Å². The highest BCUT2D eigenvalue weighted by molar-refractivity contribution is 8.23. The normalized spacial score (nSPS) is 16.6. The van der Waals surface area contributed by atoms with Gasteiger partial charge in [0.25, 0.3) is 5.91 Å². The minimum absolute atomic E-state index is 0.00876. The Morgan fingerprint density at radius 1 is 1.31 bits per heavy atom. The van der Waals surface area contributed by atoms with Gasteiger partial charge in [-0.25, -0.2) is 5.01 Å². The smallest absolute Gasteiger partial charge is 0.253 e. The summed E-state index contributed by atoms with van der Waals surface area (Å²) in [6.07, 6.45) is 0.762. The van der Waals surface area contributed by atoms with Crippen LogP contribution < -0.4 is 0 Å². The van der Waals surface area contributed by atoms with E-state index in [1.807, 2.05) is 22.9 Å². The van der Waals surface area contributed by atoms with Gasteiger partial charge in [0.15, 0.2) is 0 Å². The lowest BCUT2D eigenvalue weighted by Crippen LogP contribution is -2.31. The third-order valence-corrected chi connectivity index (χ3v) is 7.58. The van der Waals surface area contributed by atoms with Crippen molar-refractivity contribution < 1.29 is 4.79 Å². The molecule has 1 unspecified atom stereocenters. The van der Waals surface area contributed by atoms with E-state index in [0.29, 0.717) is 5.75 Å². The van der Waals surface area contributed by atoms with Crippen LogP contribution in [0, 0.1) is 0 Å². The lowest BCUT2D eigenvalue weighted by Gasteiger charge is -2.23.